The summed E-state index contributed by atoms with van der Waals surface area (Å²) in [5.74, 6) is -0.0483. The van der Waals surface area contributed by atoms with Gasteiger partial charge in [0, 0.05) is 29.5 Å². The summed E-state index contributed by atoms with van der Waals surface area (Å²) in [5.41, 5.74) is 2.41. The van der Waals surface area contributed by atoms with E-state index in [1.54, 1.807) is 12.1 Å². The van der Waals surface area contributed by atoms with Crippen LogP contribution in [-0.2, 0) is 17.1 Å². The first kappa shape index (κ1) is 19.0. The molecule has 146 valence electrons. The minimum Gasteiger partial charge on any atom is -0.340 e. The molecule has 0 bridgehead atoms. The Labute approximate surface area is 168 Å². The van der Waals surface area contributed by atoms with Crippen LogP contribution in [0.2, 0.25) is 5.02 Å². The van der Waals surface area contributed by atoms with Gasteiger partial charge in [0.05, 0.1) is 10.9 Å². The molecule has 2 aromatic carbocycles. The second-order valence-corrected chi connectivity index (χ2v) is 9.06. The first-order valence-electron chi connectivity index (χ1n) is 8.94. The van der Waals surface area contributed by atoms with E-state index in [4.69, 9.17) is 16.7 Å². The minimum absolute atomic E-state index is 0.0483. The van der Waals surface area contributed by atoms with Gasteiger partial charge in [-0.2, -0.15) is 0 Å². The average molecular weight is 418 g/mol. The van der Waals surface area contributed by atoms with Crippen molar-refractivity contribution in [1.29, 1.82) is 0 Å². The SMILES string of the molecule is Cn1c(C(=O)N2CCCC2c2ccc(S(N)(=O)=O)cc2)cc2ccc(Cl)cc21. The molecule has 1 aromatic heterocycles. The fourth-order valence-corrected chi connectivity index (χ4v) is 4.57. The number of rotatable bonds is 3. The molecule has 0 saturated carbocycles. The summed E-state index contributed by atoms with van der Waals surface area (Å²) in [6, 6.07) is 13.8. The van der Waals surface area contributed by atoms with Gasteiger partial charge in [-0.1, -0.05) is 29.8 Å². The number of aryl methyl sites for hydroxylation is 1. The number of likely N-dealkylation sites (tertiary alicyclic amines) is 1. The van der Waals surface area contributed by atoms with Crippen LogP contribution >= 0.6 is 11.6 Å². The number of carbonyl (C=O) groups excluding carboxylic acids is 1. The van der Waals surface area contributed by atoms with Gasteiger partial charge in [0.1, 0.15) is 5.69 Å². The number of benzene rings is 2. The molecular weight excluding hydrogens is 398 g/mol. The van der Waals surface area contributed by atoms with Crippen molar-refractivity contribution < 1.29 is 13.2 Å². The number of nitrogens with two attached hydrogens (primary N) is 1. The molecule has 1 saturated heterocycles. The molecule has 1 atom stereocenters. The number of primary sulfonamides is 1. The second-order valence-electron chi connectivity index (χ2n) is 7.06. The second kappa shape index (κ2) is 6.92. The summed E-state index contributed by atoms with van der Waals surface area (Å²) >= 11 is 6.09. The Bertz CT molecular complexity index is 1170. The van der Waals surface area contributed by atoms with Gasteiger partial charge >= 0.3 is 0 Å². The topological polar surface area (TPSA) is 85.4 Å². The Morgan fingerprint density at radius 2 is 1.86 bits per heavy atom. The summed E-state index contributed by atoms with van der Waals surface area (Å²) in [6.07, 6.45) is 1.72. The van der Waals surface area contributed by atoms with Crippen molar-refractivity contribution in [2.24, 2.45) is 12.2 Å². The number of carbonyl (C=O) groups is 1. The number of amides is 1. The standard InChI is InChI=1S/C20H20ClN3O3S/c1-23-18-12-15(21)7-4-14(18)11-19(23)20(25)24-10-2-3-17(24)13-5-8-16(9-6-13)28(22,26)27/h4-9,11-12,17H,2-3,10H2,1H3,(H2,22,26,27). The zero-order chi connectivity index (χ0) is 20.1. The normalized spacial score (nSPS) is 17.4. The van der Waals surface area contributed by atoms with Crippen LogP contribution in [0.4, 0.5) is 0 Å². The third-order valence-corrected chi connectivity index (χ3v) is 6.50. The highest BCUT2D eigenvalue weighted by Gasteiger charge is 2.32. The zero-order valence-electron chi connectivity index (χ0n) is 15.3. The molecule has 4 rings (SSSR count). The molecule has 6 nitrogen and oxygen atoms in total. The number of sulfonamides is 1. The number of hydrogen-bond acceptors (Lipinski definition) is 3. The molecule has 0 radical (unpaired) electrons. The molecule has 2 heterocycles. The Balaban J connectivity index is 1.67. The lowest BCUT2D eigenvalue weighted by atomic mass is 10.0. The maximum absolute atomic E-state index is 13.3. The van der Waals surface area contributed by atoms with E-state index in [1.807, 2.05) is 40.8 Å². The van der Waals surface area contributed by atoms with Crippen molar-refractivity contribution in [2.45, 2.75) is 23.8 Å². The molecule has 28 heavy (non-hydrogen) atoms. The number of nitrogens with zero attached hydrogens (tertiary/aromatic N) is 2. The summed E-state index contributed by atoms with van der Waals surface area (Å²) in [5, 5.41) is 6.76. The van der Waals surface area contributed by atoms with Crippen molar-refractivity contribution in [3.8, 4) is 0 Å². The Morgan fingerprint density at radius 3 is 2.54 bits per heavy atom. The monoisotopic (exact) mass is 417 g/mol. The molecule has 0 spiro atoms. The number of aromatic nitrogens is 1. The zero-order valence-corrected chi connectivity index (χ0v) is 16.9. The highest BCUT2D eigenvalue weighted by molar-refractivity contribution is 7.89. The molecule has 8 heteroatoms. The van der Waals surface area contributed by atoms with Crippen LogP contribution < -0.4 is 5.14 Å². The van der Waals surface area contributed by atoms with Gasteiger partial charge in [-0.15, -0.1) is 0 Å². The average Bonchev–Trinajstić information content (AvgIpc) is 3.26. The van der Waals surface area contributed by atoms with Crippen LogP contribution in [-0.4, -0.2) is 30.3 Å². The highest BCUT2D eigenvalue weighted by atomic mass is 35.5. The van der Waals surface area contributed by atoms with E-state index in [0.717, 1.165) is 29.3 Å². The van der Waals surface area contributed by atoms with Crippen LogP contribution in [0.5, 0.6) is 0 Å². The van der Waals surface area contributed by atoms with Crippen molar-refractivity contribution in [1.82, 2.24) is 9.47 Å². The van der Waals surface area contributed by atoms with E-state index < -0.39 is 10.0 Å². The first-order chi connectivity index (χ1) is 13.3. The predicted molar refractivity (Wildman–Crippen MR) is 109 cm³/mol. The Kier molecular flexibility index (Phi) is 4.69. The summed E-state index contributed by atoms with van der Waals surface area (Å²) < 4.78 is 24.8. The Morgan fingerprint density at radius 1 is 1.14 bits per heavy atom. The van der Waals surface area contributed by atoms with Crippen molar-refractivity contribution in [3.63, 3.8) is 0 Å². The molecule has 1 unspecified atom stereocenters. The van der Waals surface area contributed by atoms with Gasteiger partial charge in [0.2, 0.25) is 10.0 Å². The summed E-state index contributed by atoms with van der Waals surface area (Å²) in [7, 11) is -1.88. The van der Waals surface area contributed by atoms with E-state index in [2.05, 4.69) is 0 Å². The molecular formula is C20H20ClN3O3S. The molecule has 2 N–H and O–H groups in total. The fraction of sp³-hybridized carbons (Fsp3) is 0.250. The quantitative estimate of drug-likeness (QED) is 0.708. The molecule has 1 fully saturated rings. The largest absolute Gasteiger partial charge is 0.340 e. The van der Waals surface area contributed by atoms with E-state index >= 15 is 0 Å². The van der Waals surface area contributed by atoms with Crippen LogP contribution in [0, 0.1) is 0 Å². The summed E-state index contributed by atoms with van der Waals surface area (Å²) in [4.78, 5) is 15.2. The van der Waals surface area contributed by atoms with Gasteiger partial charge in [0.15, 0.2) is 0 Å². The van der Waals surface area contributed by atoms with Gasteiger partial charge in [-0.25, -0.2) is 13.6 Å². The van der Waals surface area contributed by atoms with Gasteiger partial charge < -0.3 is 9.47 Å². The maximum Gasteiger partial charge on any atom is 0.271 e. The van der Waals surface area contributed by atoms with Gasteiger partial charge in [-0.3, -0.25) is 4.79 Å². The van der Waals surface area contributed by atoms with Gasteiger partial charge in [-0.05, 0) is 48.7 Å². The van der Waals surface area contributed by atoms with Crippen LogP contribution in [0.3, 0.4) is 0 Å². The summed E-state index contributed by atoms with van der Waals surface area (Å²) in [6.45, 7) is 0.655. The first-order valence-corrected chi connectivity index (χ1v) is 10.9. The van der Waals surface area contributed by atoms with Crippen LogP contribution in [0.1, 0.15) is 34.9 Å². The number of hydrogen-bond donors (Lipinski definition) is 1. The molecule has 1 aliphatic heterocycles. The highest BCUT2D eigenvalue weighted by Crippen LogP contribution is 2.34. The van der Waals surface area contributed by atoms with E-state index in [9.17, 15) is 13.2 Å². The lowest BCUT2D eigenvalue weighted by Gasteiger charge is -2.25. The lowest BCUT2D eigenvalue weighted by molar-refractivity contribution is 0.0726. The van der Waals surface area contributed by atoms with E-state index in [1.165, 1.54) is 12.1 Å². The van der Waals surface area contributed by atoms with Crippen molar-refractivity contribution in [3.05, 3.63) is 64.8 Å². The third-order valence-electron chi connectivity index (χ3n) is 5.33. The minimum atomic E-state index is -3.73. The van der Waals surface area contributed by atoms with Crippen molar-refractivity contribution >= 4 is 38.4 Å². The predicted octanol–water partition coefficient (Wildman–Crippen LogP) is 3.46. The van der Waals surface area contributed by atoms with Crippen LogP contribution in [0.15, 0.2) is 53.4 Å². The smallest absolute Gasteiger partial charge is 0.271 e. The molecule has 1 aliphatic rings. The lowest BCUT2D eigenvalue weighted by Crippen LogP contribution is -2.31. The molecule has 0 aliphatic carbocycles. The van der Waals surface area contributed by atoms with Crippen molar-refractivity contribution in [2.75, 3.05) is 6.54 Å². The molecule has 3 aromatic rings. The molecule has 1 amide bonds. The van der Waals surface area contributed by atoms with Crippen LogP contribution in [0.25, 0.3) is 10.9 Å². The Hall–Kier alpha value is -2.35. The number of fused-ring (bicyclic) bond motifs is 1. The third kappa shape index (κ3) is 3.30. The maximum atomic E-state index is 13.3. The van der Waals surface area contributed by atoms with Gasteiger partial charge in [0.25, 0.3) is 5.91 Å². The van der Waals surface area contributed by atoms with E-state index in [0.29, 0.717) is 17.3 Å². The van der Waals surface area contributed by atoms with E-state index in [-0.39, 0.29) is 16.8 Å². The number of halogens is 1. The fourth-order valence-electron chi connectivity index (χ4n) is 3.89.